The van der Waals surface area contributed by atoms with E-state index < -0.39 is 0 Å². The Morgan fingerprint density at radius 1 is 1.42 bits per heavy atom. The first kappa shape index (κ1) is 17.6. The van der Waals surface area contributed by atoms with Crippen molar-refractivity contribution in [1.82, 2.24) is 20.2 Å². The zero-order chi connectivity index (χ0) is 17.9. The van der Waals surface area contributed by atoms with E-state index in [4.69, 9.17) is 4.74 Å². The molecule has 2 aromatic heterocycles. The van der Waals surface area contributed by atoms with Gasteiger partial charge in [0.1, 0.15) is 5.69 Å². The van der Waals surface area contributed by atoms with E-state index in [0.717, 1.165) is 32.7 Å². The molecule has 4 rings (SSSR count). The highest BCUT2D eigenvalue weighted by molar-refractivity contribution is 7.11. The highest BCUT2D eigenvalue weighted by Gasteiger charge is 2.40. The summed E-state index contributed by atoms with van der Waals surface area (Å²) in [5.41, 5.74) is 0.350. The molecule has 2 fully saturated rings. The van der Waals surface area contributed by atoms with Gasteiger partial charge in [0.25, 0.3) is 5.91 Å². The molecule has 138 valence electrons. The Kier molecular flexibility index (Phi) is 5.28. The molecular formula is C19H24N4O2S. The number of thiophene rings is 1. The van der Waals surface area contributed by atoms with Crippen molar-refractivity contribution in [2.45, 2.75) is 26.0 Å². The molecule has 0 radical (unpaired) electrons. The molecule has 1 amide bonds. The van der Waals surface area contributed by atoms with Crippen molar-refractivity contribution in [1.29, 1.82) is 0 Å². The van der Waals surface area contributed by atoms with Crippen LogP contribution in [0.1, 0.15) is 26.7 Å². The molecule has 2 aliphatic heterocycles. The van der Waals surface area contributed by atoms with Gasteiger partial charge in [-0.05, 0) is 37.9 Å². The van der Waals surface area contributed by atoms with Crippen LogP contribution in [-0.4, -0.2) is 53.1 Å². The first-order valence-corrected chi connectivity index (χ1v) is 9.94. The number of nitrogens with one attached hydrogen (secondary N) is 1. The predicted molar refractivity (Wildman–Crippen MR) is 100 cm³/mol. The number of piperidine rings is 1. The highest BCUT2D eigenvalue weighted by Crippen LogP contribution is 2.35. The maximum absolute atomic E-state index is 12.1. The van der Waals surface area contributed by atoms with Crippen LogP contribution in [0, 0.1) is 18.8 Å². The predicted octanol–water partition coefficient (Wildman–Crippen LogP) is 2.11. The molecule has 6 nitrogen and oxygen atoms in total. The number of rotatable bonds is 5. The molecule has 0 spiro atoms. The van der Waals surface area contributed by atoms with Crippen LogP contribution in [0.2, 0.25) is 0 Å². The smallest absolute Gasteiger partial charge is 0.271 e. The number of aryl methyl sites for hydroxylation is 1. The normalized spacial score (nSPS) is 25.8. The third kappa shape index (κ3) is 3.95. The fraction of sp³-hybridized carbons (Fsp3) is 0.526. The Bertz CT molecular complexity index is 751. The zero-order valence-corrected chi connectivity index (χ0v) is 15.7. The zero-order valence-electron chi connectivity index (χ0n) is 14.9. The van der Waals surface area contributed by atoms with Crippen LogP contribution in [0.15, 0.2) is 30.7 Å². The van der Waals surface area contributed by atoms with Crippen molar-refractivity contribution in [2.24, 2.45) is 11.8 Å². The molecule has 0 bridgehead atoms. The van der Waals surface area contributed by atoms with E-state index in [1.54, 1.807) is 6.20 Å². The number of carbonyl (C=O) groups excluding carboxylic acids is 1. The standard InChI is InChI=1S/C19H24N4O2S/c1-13-2-3-15(26-13)11-23-7-4-16-14(10-23)12-25-18(16)9-22-19(24)17-8-20-5-6-21-17/h2-3,5-6,8,14,16,18H,4,7,9-12H2,1H3,(H,22,24)/t14-,16-,18+/m1/s1. The van der Waals surface area contributed by atoms with E-state index in [2.05, 4.69) is 39.2 Å². The summed E-state index contributed by atoms with van der Waals surface area (Å²) in [4.78, 5) is 25.5. The first-order chi connectivity index (χ1) is 12.7. The molecule has 0 aliphatic carbocycles. The van der Waals surface area contributed by atoms with Gasteiger partial charge in [-0.25, -0.2) is 4.98 Å². The van der Waals surface area contributed by atoms with E-state index in [9.17, 15) is 4.79 Å². The van der Waals surface area contributed by atoms with Gasteiger partial charge in [-0.3, -0.25) is 14.7 Å². The molecule has 2 saturated heterocycles. The highest BCUT2D eigenvalue weighted by atomic mass is 32.1. The average molecular weight is 372 g/mol. The van der Waals surface area contributed by atoms with Gasteiger partial charge in [0.05, 0.1) is 18.9 Å². The van der Waals surface area contributed by atoms with Crippen LogP contribution in [-0.2, 0) is 11.3 Å². The molecule has 26 heavy (non-hydrogen) atoms. The number of hydrogen-bond donors (Lipinski definition) is 1. The van der Waals surface area contributed by atoms with Crippen molar-refractivity contribution >= 4 is 17.2 Å². The second kappa shape index (κ2) is 7.82. The van der Waals surface area contributed by atoms with Crippen molar-refractivity contribution in [3.05, 3.63) is 46.2 Å². The van der Waals surface area contributed by atoms with Crippen LogP contribution in [0.25, 0.3) is 0 Å². The topological polar surface area (TPSA) is 67.3 Å². The Labute approximate surface area is 157 Å². The Morgan fingerprint density at radius 3 is 3.12 bits per heavy atom. The van der Waals surface area contributed by atoms with Gasteiger partial charge in [0, 0.05) is 47.7 Å². The Hall–Kier alpha value is -1.83. The second-order valence-corrected chi connectivity index (χ2v) is 8.50. The molecule has 7 heteroatoms. The van der Waals surface area contributed by atoms with Gasteiger partial charge in [-0.2, -0.15) is 0 Å². The number of nitrogens with zero attached hydrogens (tertiary/aromatic N) is 3. The summed E-state index contributed by atoms with van der Waals surface area (Å²) < 4.78 is 6.01. The molecule has 2 aliphatic rings. The summed E-state index contributed by atoms with van der Waals surface area (Å²) in [6.45, 7) is 6.70. The third-order valence-electron chi connectivity index (χ3n) is 5.31. The lowest BCUT2D eigenvalue weighted by Crippen LogP contribution is -2.43. The maximum atomic E-state index is 12.1. The van der Waals surface area contributed by atoms with E-state index in [1.165, 1.54) is 22.1 Å². The quantitative estimate of drug-likeness (QED) is 0.871. The fourth-order valence-electron chi connectivity index (χ4n) is 4.01. The van der Waals surface area contributed by atoms with Crippen LogP contribution in [0.3, 0.4) is 0 Å². The van der Waals surface area contributed by atoms with Crippen LogP contribution in [0.4, 0.5) is 0 Å². The largest absolute Gasteiger partial charge is 0.376 e. The number of amides is 1. The lowest BCUT2D eigenvalue weighted by Gasteiger charge is -2.35. The van der Waals surface area contributed by atoms with Crippen molar-refractivity contribution in [3.8, 4) is 0 Å². The van der Waals surface area contributed by atoms with E-state index >= 15 is 0 Å². The number of aromatic nitrogens is 2. The summed E-state index contributed by atoms with van der Waals surface area (Å²) in [6, 6.07) is 4.43. The van der Waals surface area contributed by atoms with Gasteiger partial charge in [0.15, 0.2) is 0 Å². The van der Waals surface area contributed by atoms with Crippen molar-refractivity contribution in [3.63, 3.8) is 0 Å². The van der Waals surface area contributed by atoms with Crippen molar-refractivity contribution < 1.29 is 9.53 Å². The number of hydrogen-bond acceptors (Lipinski definition) is 6. The molecule has 0 aromatic carbocycles. The van der Waals surface area contributed by atoms with Gasteiger partial charge < -0.3 is 10.1 Å². The van der Waals surface area contributed by atoms with Gasteiger partial charge in [-0.1, -0.05) is 0 Å². The minimum absolute atomic E-state index is 0.103. The van der Waals surface area contributed by atoms with E-state index in [1.807, 2.05) is 11.3 Å². The van der Waals surface area contributed by atoms with Crippen LogP contribution in [0.5, 0.6) is 0 Å². The molecule has 3 atom stereocenters. The van der Waals surface area contributed by atoms with Gasteiger partial charge >= 0.3 is 0 Å². The Morgan fingerprint density at radius 2 is 2.35 bits per heavy atom. The average Bonchev–Trinajstić information content (AvgIpc) is 3.26. The second-order valence-electron chi connectivity index (χ2n) is 7.13. The minimum atomic E-state index is -0.185. The summed E-state index contributed by atoms with van der Waals surface area (Å²) in [7, 11) is 0. The SMILES string of the molecule is Cc1ccc(CN2CC[C@@H]3[C@@H](CO[C@H]3CNC(=O)c3cnccn3)C2)s1. The van der Waals surface area contributed by atoms with E-state index in [0.29, 0.717) is 24.1 Å². The molecule has 2 aromatic rings. The van der Waals surface area contributed by atoms with Crippen LogP contribution < -0.4 is 5.32 Å². The molecule has 0 unspecified atom stereocenters. The lowest BCUT2D eigenvalue weighted by molar-refractivity contribution is 0.0741. The lowest BCUT2D eigenvalue weighted by atomic mass is 9.84. The van der Waals surface area contributed by atoms with Gasteiger partial charge in [-0.15, -0.1) is 11.3 Å². The fourth-order valence-corrected chi connectivity index (χ4v) is 4.94. The van der Waals surface area contributed by atoms with E-state index in [-0.39, 0.29) is 12.0 Å². The Balaban J connectivity index is 1.28. The summed E-state index contributed by atoms with van der Waals surface area (Å²) in [6.07, 6.45) is 5.81. The minimum Gasteiger partial charge on any atom is -0.376 e. The summed E-state index contributed by atoms with van der Waals surface area (Å²) >= 11 is 1.88. The van der Waals surface area contributed by atoms with Crippen molar-refractivity contribution in [2.75, 3.05) is 26.2 Å². The number of fused-ring (bicyclic) bond motifs is 1. The summed E-state index contributed by atoms with van der Waals surface area (Å²) in [5.74, 6) is 0.900. The monoisotopic (exact) mass is 372 g/mol. The summed E-state index contributed by atoms with van der Waals surface area (Å²) in [5, 5.41) is 2.95. The number of likely N-dealkylation sites (tertiary alicyclic amines) is 1. The number of ether oxygens (including phenoxy) is 1. The third-order valence-corrected chi connectivity index (χ3v) is 6.30. The first-order valence-electron chi connectivity index (χ1n) is 9.12. The van der Waals surface area contributed by atoms with Gasteiger partial charge in [0.2, 0.25) is 0 Å². The van der Waals surface area contributed by atoms with Crippen LogP contribution >= 0.6 is 11.3 Å². The molecule has 0 saturated carbocycles. The maximum Gasteiger partial charge on any atom is 0.271 e. The molecular weight excluding hydrogens is 348 g/mol. The molecule has 1 N–H and O–H groups in total. The number of carbonyl (C=O) groups is 1. The molecule has 4 heterocycles.